The predicted octanol–water partition coefficient (Wildman–Crippen LogP) is 8.35. The Balaban J connectivity index is 1.23. The van der Waals surface area contributed by atoms with Gasteiger partial charge in [0.25, 0.3) is 0 Å². The highest BCUT2D eigenvalue weighted by molar-refractivity contribution is 6.98. The van der Waals surface area contributed by atoms with Crippen LogP contribution in [0.25, 0.3) is 38.2 Å². The largest absolute Gasteiger partial charge is 0.488 e. The highest BCUT2D eigenvalue weighted by Gasteiger charge is 2.41. The summed E-state index contributed by atoms with van der Waals surface area (Å²) in [5, 5.41) is 55.6. The highest BCUT2D eigenvalue weighted by atomic mass is 28.3. The molecule has 12 nitrogen and oxygen atoms in total. The summed E-state index contributed by atoms with van der Waals surface area (Å²) in [4.78, 5) is 32.2. The lowest BCUT2D eigenvalue weighted by Gasteiger charge is -2.38. The first-order chi connectivity index (χ1) is 41.0. The Morgan fingerprint density at radius 3 is 1.62 bits per heavy atom. The van der Waals surface area contributed by atoms with Gasteiger partial charge >= 0.3 is 14.2 Å². The van der Waals surface area contributed by atoms with Gasteiger partial charge in [-0.25, -0.2) is 4.58 Å². The third-order valence-corrected chi connectivity index (χ3v) is 20.7. The molecule has 0 aromatic heterocycles. The predicted molar refractivity (Wildman–Crippen MR) is 360 cm³/mol. The Hall–Kier alpha value is -7.72. The van der Waals surface area contributed by atoms with Crippen molar-refractivity contribution in [3.63, 3.8) is 0 Å². The van der Waals surface area contributed by atoms with Gasteiger partial charge in [0.1, 0.15) is 22.2 Å². The van der Waals surface area contributed by atoms with Crippen LogP contribution in [0.15, 0.2) is 175 Å². The Morgan fingerprint density at radius 1 is 0.593 bits per heavy atom. The molecule has 2 aliphatic rings. The maximum Gasteiger partial charge on any atom is 0.488 e. The molecule has 442 valence electrons. The summed E-state index contributed by atoms with van der Waals surface area (Å²) in [7, 11) is 2.95. The number of benzene rings is 7. The summed E-state index contributed by atoms with van der Waals surface area (Å²) < 4.78 is 2.20. The molecule has 1 aliphatic carbocycles. The zero-order chi connectivity index (χ0) is 61.7. The molecule has 0 unspecified atom stereocenters. The molecule has 6 N–H and O–H groups in total. The summed E-state index contributed by atoms with van der Waals surface area (Å²) >= 11 is 0. The van der Waals surface area contributed by atoms with Gasteiger partial charge in [-0.3, -0.25) is 19.4 Å². The van der Waals surface area contributed by atoms with Crippen molar-refractivity contribution in [2.75, 3.05) is 59.3 Å². The van der Waals surface area contributed by atoms with Crippen molar-refractivity contribution in [2.45, 2.75) is 79.8 Å². The molecule has 86 heavy (non-hydrogen) atoms. The van der Waals surface area contributed by atoms with Crippen molar-refractivity contribution in [1.29, 1.82) is 0 Å². The molecule has 7 aromatic rings. The van der Waals surface area contributed by atoms with Gasteiger partial charge in [-0.1, -0.05) is 129 Å². The lowest BCUT2D eigenvalue weighted by atomic mass is 9.77. The second-order valence-corrected chi connectivity index (χ2v) is 28.7. The zero-order valence-corrected chi connectivity index (χ0v) is 52.8. The van der Waals surface area contributed by atoms with Gasteiger partial charge in [0, 0.05) is 95.4 Å². The fraction of sp³-hybridized carbons (Fsp3) is 0.282. The third-order valence-electron chi connectivity index (χ3n) is 17.2. The number of fused-ring (bicyclic) bond motifs is 4. The summed E-state index contributed by atoms with van der Waals surface area (Å²) in [5.74, 6) is -0.387. The van der Waals surface area contributed by atoms with Gasteiger partial charge in [0.15, 0.2) is 5.71 Å². The number of hydrogen-bond donors (Lipinski definition) is 6. The van der Waals surface area contributed by atoms with Gasteiger partial charge in [0.05, 0.1) is 0 Å². The van der Waals surface area contributed by atoms with Gasteiger partial charge in [0.2, 0.25) is 11.8 Å². The highest BCUT2D eigenvalue weighted by Crippen LogP contribution is 2.45. The average molecular weight is 1170 g/mol. The number of nitrogens with zero attached hydrogens (tertiary/aromatic N) is 4. The lowest BCUT2D eigenvalue weighted by Crippen LogP contribution is -2.49. The van der Waals surface area contributed by atoms with Crippen molar-refractivity contribution in [2.24, 2.45) is 0 Å². The van der Waals surface area contributed by atoms with Crippen molar-refractivity contribution in [3.8, 4) is 11.1 Å². The van der Waals surface area contributed by atoms with Gasteiger partial charge < -0.3 is 35.6 Å². The fourth-order valence-corrected chi connectivity index (χ4v) is 15.5. The molecule has 0 fully saturated rings. The van der Waals surface area contributed by atoms with E-state index >= 15 is 0 Å². The molecule has 0 saturated carbocycles. The van der Waals surface area contributed by atoms with E-state index in [-0.39, 0.29) is 11.8 Å². The number of carbonyl (C=O) groups excluding carboxylic acids is 2. The van der Waals surface area contributed by atoms with Gasteiger partial charge in [-0.2, -0.15) is 0 Å². The summed E-state index contributed by atoms with van der Waals surface area (Å²) in [6.45, 7) is 24.3. The molecule has 2 amide bonds. The fourth-order valence-electron chi connectivity index (χ4n) is 12.5. The minimum atomic E-state index is -2.19. The van der Waals surface area contributed by atoms with Crippen LogP contribution in [0.4, 0.5) is 5.69 Å². The molecule has 0 saturated heterocycles. The van der Waals surface area contributed by atoms with E-state index in [4.69, 9.17) is 0 Å². The maximum atomic E-state index is 12.7. The molecule has 0 atom stereocenters. The Labute approximate surface area is 510 Å². The van der Waals surface area contributed by atoms with E-state index in [0.717, 1.165) is 60.5 Å². The van der Waals surface area contributed by atoms with Crippen molar-refractivity contribution in [3.05, 3.63) is 219 Å². The third kappa shape index (κ3) is 13.6. The number of amides is 2. The van der Waals surface area contributed by atoms with Crippen molar-refractivity contribution >= 4 is 88.8 Å². The molecular formula is C71H83B2N6O6Si+. The monoisotopic (exact) mass is 1170 g/mol. The van der Waals surface area contributed by atoms with Crippen molar-refractivity contribution < 1.29 is 34.3 Å². The number of carbonyl (C=O) groups is 2. The summed E-state index contributed by atoms with van der Waals surface area (Å²) in [5.41, 5.74) is 17.5. The summed E-state index contributed by atoms with van der Waals surface area (Å²) in [6, 6.07) is 42.0. The van der Waals surface area contributed by atoms with Gasteiger partial charge in [-0.05, 0) is 174 Å². The molecule has 0 bridgehead atoms. The molecule has 9 rings (SSSR count). The van der Waals surface area contributed by atoms with E-state index < -0.39 is 22.3 Å². The number of anilines is 1. The van der Waals surface area contributed by atoms with E-state index in [2.05, 4.69) is 189 Å². The summed E-state index contributed by atoms with van der Waals surface area (Å²) in [6.07, 6.45) is 8.28. The molecule has 1 heterocycles. The van der Waals surface area contributed by atoms with E-state index in [1.807, 2.05) is 36.4 Å². The van der Waals surface area contributed by atoms with E-state index in [9.17, 15) is 29.7 Å². The first kappa shape index (κ1) is 62.8. The Morgan fingerprint density at radius 2 is 1.09 bits per heavy atom. The van der Waals surface area contributed by atoms with Gasteiger partial charge in [-0.15, -0.1) is 0 Å². The molecule has 15 heteroatoms. The second kappa shape index (κ2) is 26.9. The topological polar surface area (TPSA) is 152 Å². The molecule has 1 aliphatic heterocycles. The SMILES string of the molecule is C=C(C)C(=O)NCCCN(Cc1ccccc1B(O)O)Cc1c2ccccc2c(CN(CCCNC(=O)C(=C)C)Cc2ccccc2B(O)O)c2cc(-c3cc(C)c(C4=C5C=CC(=[N+](C)C)C=C5[Si](C)(C)c5cc(N(C)C)ccc54)cc3C)ccc12. The van der Waals surface area contributed by atoms with Crippen LogP contribution in [0, 0.1) is 13.8 Å². The second-order valence-electron chi connectivity index (χ2n) is 24.3. The number of allylic oxidation sites excluding steroid dienone is 5. The van der Waals surface area contributed by atoms with E-state index in [1.54, 1.807) is 26.0 Å². The molecule has 0 radical (unpaired) electrons. The standard InChI is InChI=1S/C71H82B2N6O6Si/c1-46(2)70(80)74-33-19-35-78(42-51-21-13-17-25-65(51)72(82)83)44-63-55-23-15-16-24-56(55)64(45-79(36-20-34-75-71(81)47(3)4)43-52-22-14-18-26-66(52)73(84)85)62-39-50(27-30-57(62)63)60-37-49(6)61(38-48(60)5)69-58-31-28-53(76(7)8)40-67(58)86(11,12)68-41-54(77(9)10)29-32-59(68)69/h13-18,21-32,37-41,82-85H,1,3,19-20,33-36,42-45H2,2,4-12H3,(H-,74,75,80,81)/p+1. The van der Waals surface area contributed by atoms with Crippen LogP contribution >= 0.6 is 0 Å². The van der Waals surface area contributed by atoms with E-state index in [1.165, 1.54) is 49.6 Å². The lowest BCUT2D eigenvalue weighted by molar-refractivity contribution is -0.462. The van der Waals surface area contributed by atoms with Crippen LogP contribution in [-0.4, -0.2) is 129 Å². The van der Waals surface area contributed by atoms with E-state index in [0.29, 0.717) is 87.3 Å². The Kier molecular flexibility index (Phi) is 19.6. The molecular weight excluding hydrogens is 1080 g/mol. The maximum absolute atomic E-state index is 12.7. The quantitative estimate of drug-likeness (QED) is 0.0122. The molecule has 0 spiro atoms. The van der Waals surface area contributed by atoms with Crippen LogP contribution in [0.2, 0.25) is 13.1 Å². The average Bonchev–Trinajstić information content (AvgIpc) is 0.756. The van der Waals surface area contributed by atoms with Crippen molar-refractivity contribution in [1.82, 2.24) is 20.4 Å². The first-order valence-corrected chi connectivity index (χ1v) is 32.8. The zero-order valence-electron chi connectivity index (χ0n) is 51.8. The smallest absolute Gasteiger partial charge is 0.423 e. The Bertz CT molecular complexity index is 3930. The van der Waals surface area contributed by atoms with Crippen LogP contribution < -0.4 is 31.6 Å². The number of nitrogens with one attached hydrogen (secondary N) is 2. The van der Waals surface area contributed by atoms with Crippen LogP contribution in [0.5, 0.6) is 0 Å². The van der Waals surface area contributed by atoms with Crippen LogP contribution in [0.1, 0.15) is 71.2 Å². The number of aryl methyl sites for hydroxylation is 2. The number of hydrogen-bond acceptors (Lipinski definition) is 9. The first-order valence-electron chi connectivity index (χ1n) is 29.8. The normalized spacial score (nSPS) is 13.4. The van der Waals surface area contributed by atoms with Crippen LogP contribution in [-0.2, 0) is 35.8 Å². The minimum absolute atomic E-state index is 0.193. The number of rotatable bonds is 23. The minimum Gasteiger partial charge on any atom is -0.423 e. The van der Waals surface area contributed by atoms with Crippen LogP contribution in [0.3, 0.4) is 0 Å². The molecule has 7 aromatic carbocycles.